The van der Waals surface area contributed by atoms with Crippen molar-refractivity contribution in [2.24, 2.45) is 11.3 Å². The van der Waals surface area contributed by atoms with Crippen molar-refractivity contribution >= 4 is 5.97 Å². The van der Waals surface area contributed by atoms with Crippen LogP contribution in [0, 0.1) is 34.5 Å². The van der Waals surface area contributed by atoms with E-state index >= 15 is 0 Å². The number of carbonyl (C=O) groups excluding carboxylic acids is 1. The number of hydrogen-bond acceptors (Lipinski definition) is 8. The Kier molecular flexibility index (Phi) is 9.92. The molecular weight excluding hydrogens is 554 g/mol. The second kappa shape index (κ2) is 14.0. The topological polar surface area (TPSA) is 112 Å². The molecule has 2 aliphatic heterocycles. The number of hydrogen-bond donors (Lipinski definition) is 1. The van der Waals surface area contributed by atoms with Crippen molar-refractivity contribution in [2.45, 2.75) is 39.7 Å². The van der Waals surface area contributed by atoms with Crippen LogP contribution in [0.15, 0.2) is 59.7 Å². The Morgan fingerprint density at radius 1 is 1.05 bits per heavy atom. The molecule has 0 radical (unpaired) electrons. The van der Waals surface area contributed by atoms with E-state index in [4.69, 9.17) is 9.47 Å². The normalized spacial score (nSPS) is 16.7. The van der Waals surface area contributed by atoms with Gasteiger partial charge in [-0.15, -0.1) is 0 Å². The lowest BCUT2D eigenvalue weighted by molar-refractivity contribution is -0.143. The number of esters is 1. The molecule has 2 aliphatic rings. The Labute approximate surface area is 258 Å². The number of morpholine rings is 1. The van der Waals surface area contributed by atoms with Gasteiger partial charge in [-0.05, 0) is 56.2 Å². The quantitative estimate of drug-likeness (QED) is 0.311. The van der Waals surface area contributed by atoms with E-state index in [-0.39, 0.29) is 17.6 Å². The van der Waals surface area contributed by atoms with Gasteiger partial charge in [0.2, 0.25) is 5.75 Å². The highest BCUT2D eigenvalue weighted by atomic mass is 16.5. The molecule has 3 aromatic rings. The summed E-state index contributed by atoms with van der Waals surface area (Å²) in [5.74, 6) is 5.96. The summed E-state index contributed by atoms with van der Waals surface area (Å²) in [6, 6.07) is 18.8. The molecule has 2 fully saturated rings. The molecular formula is C35H39N5O4. The molecule has 228 valence electrons. The van der Waals surface area contributed by atoms with Crippen molar-refractivity contribution in [1.82, 2.24) is 19.8 Å². The van der Waals surface area contributed by atoms with Gasteiger partial charge in [0.25, 0.3) is 5.56 Å². The third kappa shape index (κ3) is 8.21. The van der Waals surface area contributed by atoms with Crippen LogP contribution >= 0.6 is 0 Å². The SMILES string of the molecule is CC(C)(C)C(=O)Oc1c(C[C@H](CN2CC(C#N)C2)c2ccc(C#Cc3ccc(CN4CCOCC4)cc3)cc2)nc[nH]c1=O. The average molecular weight is 594 g/mol. The number of aromatic amines is 1. The Bertz CT molecular complexity index is 1590. The van der Waals surface area contributed by atoms with Crippen LogP contribution in [-0.4, -0.2) is 71.7 Å². The summed E-state index contributed by atoms with van der Waals surface area (Å²) in [5.41, 5.74) is 3.34. The predicted octanol–water partition coefficient (Wildman–Crippen LogP) is 3.74. The van der Waals surface area contributed by atoms with E-state index in [1.54, 1.807) is 20.8 Å². The van der Waals surface area contributed by atoms with Crippen LogP contribution < -0.4 is 10.3 Å². The Balaban J connectivity index is 1.31. The van der Waals surface area contributed by atoms with Crippen LogP contribution in [0.1, 0.15) is 54.6 Å². The summed E-state index contributed by atoms with van der Waals surface area (Å²) in [5, 5.41) is 9.26. The largest absolute Gasteiger partial charge is 0.418 e. The lowest BCUT2D eigenvalue weighted by Crippen LogP contribution is -2.47. The fourth-order valence-electron chi connectivity index (χ4n) is 5.25. The van der Waals surface area contributed by atoms with Gasteiger partial charge in [0.15, 0.2) is 0 Å². The number of H-pyrrole nitrogens is 1. The fraction of sp³-hybridized carbons (Fsp3) is 0.429. The first-order valence-electron chi connectivity index (χ1n) is 15.1. The first kappa shape index (κ1) is 31.2. The van der Waals surface area contributed by atoms with Crippen LogP contribution in [0.3, 0.4) is 0 Å². The van der Waals surface area contributed by atoms with E-state index in [0.29, 0.717) is 31.7 Å². The molecule has 1 atom stereocenters. The van der Waals surface area contributed by atoms with Crippen LogP contribution in [0.5, 0.6) is 5.75 Å². The van der Waals surface area contributed by atoms with Gasteiger partial charge in [-0.1, -0.05) is 36.1 Å². The maximum atomic E-state index is 12.7. The maximum absolute atomic E-state index is 12.7. The summed E-state index contributed by atoms with van der Waals surface area (Å²) in [4.78, 5) is 36.9. The number of aromatic nitrogens is 2. The minimum absolute atomic E-state index is 0.0303. The van der Waals surface area contributed by atoms with Crippen molar-refractivity contribution < 1.29 is 14.3 Å². The van der Waals surface area contributed by atoms with Gasteiger partial charge in [-0.2, -0.15) is 5.26 Å². The zero-order valence-corrected chi connectivity index (χ0v) is 25.6. The van der Waals surface area contributed by atoms with Gasteiger partial charge in [0.05, 0.1) is 42.6 Å². The lowest BCUT2D eigenvalue weighted by Gasteiger charge is -2.37. The lowest BCUT2D eigenvalue weighted by atomic mass is 9.90. The molecule has 2 aromatic carbocycles. The smallest absolute Gasteiger partial charge is 0.316 e. The number of nitriles is 1. The first-order valence-corrected chi connectivity index (χ1v) is 15.1. The Morgan fingerprint density at radius 3 is 2.30 bits per heavy atom. The van der Waals surface area contributed by atoms with E-state index in [1.807, 2.05) is 12.1 Å². The van der Waals surface area contributed by atoms with E-state index in [9.17, 15) is 14.9 Å². The highest BCUT2D eigenvalue weighted by molar-refractivity contribution is 5.78. The highest BCUT2D eigenvalue weighted by Crippen LogP contribution is 2.28. The number of nitrogens with one attached hydrogen (secondary N) is 1. The Hall–Kier alpha value is -4.28. The number of carbonyl (C=O) groups is 1. The van der Waals surface area contributed by atoms with Gasteiger partial charge < -0.3 is 19.4 Å². The fourth-order valence-corrected chi connectivity index (χ4v) is 5.25. The van der Waals surface area contributed by atoms with Gasteiger partial charge in [0.1, 0.15) is 0 Å². The van der Waals surface area contributed by atoms with Gasteiger partial charge in [-0.25, -0.2) is 4.98 Å². The number of likely N-dealkylation sites (tertiary alicyclic amines) is 1. The average Bonchev–Trinajstić information content (AvgIpc) is 2.99. The summed E-state index contributed by atoms with van der Waals surface area (Å²) in [7, 11) is 0. The molecule has 5 rings (SSSR count). The molecule has 1 N–H and O–H groups in total. The minimum atomic E-state index is -0.773. The molecule has 3 heterocycles. The number of ether oxygens (including phenoxy) is 2. The predicted molar refractivity (Wildman–Crippen MR) is 167 cm³/mol. The molecule has 0 spiro atoms. The zero-order chi connectivity index (χ0) is 31.1. The van der Waals surface area contributed by atoms with Crippen molar-refractivity contribution in [2.75, 3.05) is 45.9 Å². The van der Waals surface area contributed by atoms with E-state index in [2.05, 4.69) is 74.1 Å². The van der Waals surface area contributed by atoms with Gasteiger partial charge >= 0.3 is 5.97 Å². The molecule has 2 saturated heterocycles. The maximum Gasteiger partial charge on any atom is 0.316 e. The third-order valence-electron chi connectivity index (χ3n) is 7.95. The molecule has 0 aliphatic carbocycles. The van der Waals surface area contributed by atoms with Gasteiger partial charge in [-0.3, -0.25) is 14.5 Å². The number of benzene rings is 2. The number of nitrogens with zero attached hydrogens (tertiary/aromatic N) is 4. The van der Waals surface area contributed by atoms with Gasteiger partial charge in [0, 0.05) is 62.7 Å². The molecule has 0 saturated carbocycles. The van der Waals surface area contributed by atoms with E-state index in [1.165, 1.54) is 11.9 Å². The second-order valence-electron chi connectivity index (χ2n) is 12.6. The standard InChI is InChI=1S/C35H39N5O4/c1-35(2,3)34(42)44-32-31(37-24-38-33(32)41)18-30(23-40-21-28(19-36)22-40)29-12-10-26(11-13-29)5-4-25-6-8-27(9-7-25)20-39-14-16-43-17-15-39/h6-13,24,28,30H,14-18,20-23H2,1-3H3,(H,37,38,41)/t30-/m1/s1. The van der Waals surface area contributed by atoms with E-state index < -0.39 is 16.9 Å². The van der Waals surface area contributed by atoms with Crippen molar-refractivity contribution in [3.63, 3.8) is 0 Å². The van der Waals surface area contributed by atoms with Crippen LogP contribution in [0.2, 0.25) is 0 Å². The summed E-state index contributed by atoms with van der Waals surface area (Å²) < 4.78 is 11.0. The summed E-state index contributed by atoms with van der Waals surface area (Å²) in [6.45, 7) is 11.7. The highest BCUT2D eigenvalue weighted by Gasteiger charge is 2.31. The van der Waals surface area contributed by atoms with E-state index in [0.717, 1.165) is 49.5 Å². The Morgan fingerprint density at radius 2 is 1.68 bits per heavy atom. The van der Waals surface area contributed by atoms with Crippen LogP contribution in [-0.2, 0) is 22.5 Å². The first-order chi connectivity index (χ1) is 21.2. The minimum Gasteiger partial charge on any atom is -0.418 e. The zero-order valence-electron chi connectivity index (χ0n) is 25.6. The summed E-state index contributed by atoms with van der Waals surface area (Å²) in [6.07, 6.45) is 1.73. The molecule has 44 heavy (non-hydrogen) atoms. The van der Waals surface area contributed by atoms with Crippen molar-refractivity contribution in [3.8, 4) is 23.7 Å². The number of rotatable bonds is 8. The molecule has 0 amide bonds. The molecule has 0 bridgehead atoms. The molecule has 1 aromatic heterocycles. The summed E-state index contributed by atoms with van der Waals surface area (Å²) >= 11 is 0. The van der Waals surface area contributed by atoms with Crippen LogP contribution in [0.4, 0.5) is 0 Å². The monoisotopic (exact) mass is 593 g/mol. The molecule has 0 unspecified atom stereocenters. The van der Waals surface area contributed by atoms with Crippen LogP contribution in [0.25, 0.3) is 0 Å². The van der Waals surface area contributed by atoms with Crippen molar-refractivity contribution in [1.29, 1.82) is 5.26 Å². The molecule has 9 heteroatoms. The van der Waals surface area contributed by atoms with Crippen molar-refractivity contribution in [3.05, 3.63) is 93.2 Å². The molecule has 9 nitrogen and oxygen atoms in total. The second-order valence-corrected chi connectivity index (χ2v) is 12.6. The third-order valence-corrected chi connectivity index (χ3v) is 7.95.